The number of hydrogen-bond donors (Lipinski definition) is 0. The molecule has 1 aromatic heterocycles. The number of aryl methyl sites for hydroxylation is 2. The van der Waals surface area contributed by atoms with Crippen molar-refractivity contribution < 1.29 is 9.30 Å². The lowest BCUT2D eigenvalue weighted by Crippen LogP contribution is -2.34. The summed E-state index contributed by atoms with van der Waals surface area (Å²) in [6.07, 6.45) is 13.6. The summed E-state index contributed by atoms with van der Waals surface area (Å²) in [5.74, 6) is 3.18. The highest BCUT2D eigenvalue weighted by molar-refractivity contribution is 7.19. The molecule has 7 rings (SSSR count). The molecule has 2 nitrogen and oxygen atoms in total. The van der Waals surface area contributed by atoms with Gasteiger partial charge >= 0.3 is 0 Å². The van der Waals surface area contributed by atoms with Crippen LogP contribution in [0.15, 0.2) is 78.9 Å². The van der Waals surface area contributed by atoms with Gasteiger partial charge in [0.1, 0.15) is 10.4 Å². The van der Waals surface area contributed by atoms with Crippen molar-refractivity contribution in [3.8, 4) is 5.75 Å². The number of benzene rings is 4. The van der Waals surface area contributed by atoms with Crippen LogP contribution in [0.1, 0.15) is 84.5 Å². The molecule has 0 N–H and O–H groups in total. The molecule has 0 aliphatic heterocycles. The van der Waals surface area contributed by atoms with Gasteiger partial charge in [0, 0.05) is 23.9 Å². The van der Waals surface area contributed by atoms with Gasteiger partial charge in [-0.15, -0.1) is 0 Å². The molecule has 208 valence electrons. The van der Waals surface area contributed by atoms with Crippen LogP contribution < -0.4 is 9.30 Å². The Kier molecular flexibility index (Phi) is 7.39. The number of nitrogens with zero attached hydrogens (tertiary/aromatic N) is 1. The van der Waals surface area contributed by atoms with E-state index in [0.717, 1.165) is 30.6 Å². The van der Waals surface area contributed by atoms with Crippen molar-refractivity contribution in [3.05, 3.63) is 106 Å². The Bertz CT molecular complexity index is 1710. The second-order valence-electron chi connectivity index (χ2n) is 12.0. The standard InChI is InChI=1S/C38H40NOS/c1-3-4-24-39-36-22-17-28-8-5-6-9-30(28)38(36)41-37(39)23-16-27-15-21-34-33(31-10-7-11-32(31)35(34)25-27)20-14-26-12-18-29(40-2)19-13-26/h5-6,8-9,12-13,15-19,21-23,25,31-33H,3-4,7,10-11,14,20,24H2,1-2H3/q+1. The number of ether oxygens (including phenoxy) is 1. The fourth-order valence-electron chi connectivity index (χ4n) is 7.59. The van der Waals surface area contributed by atoms with Gasteiger partial charge in [0.05, 0.1) is 7.11 Å². The van der Waals surface area contributed by atoms with Crippen LogP contribution in [0.4, 0.5) is 0 Å². The number of hydrogen-bond acceptors (Lipinski definition) is 2. The fraction of sp³-hybridized carbons (Fsp3) is 0.342. The molecule has 3 unspecified atom stereocenters. The normalized spacial score (nSPS) is 19.8. The van der Waals surface area contributed by atoms with Crippen molar-refractivity contribution in [1.29, 1.82) is 0 Å². The largest absolute Gasteiger partial charge is 0.497 e. The smallest absolute Gasteiger partial charge is 0.262 e. The summed E-state index contributed by atoms with van der Waals surface area (Å²) in [5.41, 5.74) is 7.38. The van der Waals surface area contributed by atoms with E-state index >= 15 is 0 Å². The van der Waals surface area contributed by atoms with Crippen LogP contribution in [-0.4, -0.2) is 7.11 Å². The molecule has 1 heterocycles. The highest BCUT2D eigenvalue weighted by Crippen LogP contribution is 2.56. The van der Waals surface area contributed by atoms with E-state index in [0.29, 0.717) is 5.92 Å². The first-order valence-corrected chi connectivity index (χ1v) is 16.3. The Labute approximate surface area is 248 Å². The SMILES string of the molecule is CCCC[n+]1c(C=Cc2ccc3c(c2)C2CCCC2C3CCc2ccc(OC)cc2)sc2c3ccccc3ccc21. The highest BCUT2D eigenvalue weighted by atomic mass is 32.1. The Morgan fingerprint density at radius 1 is 0.927 bits per heavy atom. The molecule has 2 aliphatic rings. The van der Waals surface area contributed by atoms with Crippen LogP contribution in [-0.2, 0) is 13.0 Å². The Balaban J connectivity index is 1.17. The summed E-state index contributed by atoms with van der Waals surface area (Å²) in [5, 5.41) is 4.04. The molecule has 1 fully saturated rings. The average Bonchev–Trinajstić information content (AvgIpc) is 3.71. The molecule has 3 heteroatoms. The Morgan fingerprint density at radius 2 is 1.80 bits per heavy atom. The van der Waals surface area contributed by atoms with Crippen LogP contribution >= 0.6 is 11.3 Å². The van der Waals surface area contributed by atoms with Gasteiger partial charge in [0.2, 0.25) is 5.52 Å². The summed E-state index contributed by atoms with van der Waals surface area (Å²) >= 11 is 1.94. The molecule has 0 amide bonds. The minimum Gasteiger partial charge on any atom is -0.497 e. The zero-order valence-corrected chi connectivity index (χ0v) is 25.1. The summed E-state index contributed by atoms with van der Waals surface area (Å²) in [6.45, 7) is 3.35. The van der Waals surface area contributed by atoms with Gasteiger partial charge in [-0.3, -0.25) is 0 Å². The summed E-state index contributed by atoms with van der Waals surface area (Å²) < 4.78 is 9.31. The van der Waals surface area contributed by atoms with Crippen LogP contribution in [0.5, 0.6) is 5.75 Å². The maximum atomic E-state index is 5.36. The third-order valence-corrected chi connectivity index (χ3v) is 10.9. The zero-order valence-electron chi connectivity index (χ0n) is 24.3. The molecule has 0 spiro atoms. The lowest BCUT2D eigenvalue weighted by atomic mass is 9.85. The van der Waals surface area contributed by atoms with E-state index in [1.54, 1.807) is 18.2 Å². The van der Waals surface area contributed by atoms with Gasteiger partial charge in [-0.2, -0.15) is 4.57 Å². The molecule has 0 bridgehead atoms. The Hall–Kier alpha value is -3.43. The Morgan fingerprint density at radius 3 is 2.66 bits per heavy atom. The zero-order chi connectivity index (χ0) is 27.8. The molecule has 1 saturated carbocycles. The topological polar surface area (TPSA) is 13.1 Å². The van der Waals surface area contributed by atoms with Crippen molar-refractivity contribution in [2.24, 2.45) is 5.92 Å². The van der Waals surface area contributed by atoms with Gasteiger partial charge in [0.15, 0.2) is 6.54 Å². The van der Waals surface area contributed by atoms with Crippen molar-refractivity contribution in [2.75, 3.05) is 7.11 Å². The van der Waals surface area contributed by atoms with Crippen molar-refractivity contribution in [2.45, 2.75) is 70.3 Å². The van der Waals surface area contributed by atoms with Crippen LogP contribution in [0, 0.1) is 5.92 Å². The molecule has 5 aromatic rings. The average molecular weight is 559 g/mol. The fourth-order valence-corrected chi connectivity index (χ4v) is 8.82. The predicted octanol–water partition coefficient (Wildman–Crippen LogP) is 9.93. The molecular weight excluding hydrogens is 518 g/mol. The summed E-state index contributed by atoms with van der Waals surface area (Å²) in [7, 11) is 1.74. The van der Waals surface area contributed by atoms with Crippen LogP contribution in [0.2, 0.25) is 0 Å². The molecule has 0 saturated heterocycles. The van der Waals surface area contributed by atoms with Gasteiger partial charge in [-0.05, 0) is 95.4 Å². The predicted molar refractivity (Wildman–Crippen MR) is 174 cm³/mol. The van der Waals surface area contributed by atoms with E-state index in [-0.39, 0.29) is 0 Å². The third-order valence-electron chi connectivity index (χ3n) is 9.68. The minimum absolute atomic E-state index is 0.685. The van der Waals surface area contributed by atoms with Crippen LogP contribution in [0.25, 0.3) is 33.1 Å². The quantitative estimate of drug-likeness (QED) is 0.164. The van der Waals surface area contributed by atoms with E-state index in [1.807, 2.05) is 11.3 Å². The molecular formula is C38H40NOS+. The summed E-state index contributed by atoms with van der Waals surface area (Å²) in [6, 6.07) is 29.4. The number of thiazole rings is 1. The van der Waals surface area contributed by atoms with Gasteiger partial charge in [-0.25, -0.2) is 0 Å². The molecule has 3 atom stereocenters. The first kappa shape index (κ1) is 26.5. The van der Waals surface area contributed by atoms with E-state index in [2.05, 4.69) is 103 Å². The van der Waals surface area contributed by atoms with E-state index in [4.69, 9.17) is 4.74 Å². The third kappa shape index (κ3) is 4.99. The van der Waals surface area contributed by atoms with Gasteiger partial charge < -0.3 is 4.74 Å². The molecule has 4 aromatic carbocycles. The second kappa shape index (κ2) is 11.4. The van der Waals surface area contributed by atoms with Gasteiger partial charge in [0.25, 0.3) is 5.01 Å². The van der Waals surface area contributed by atoms with E-state index in [9.17, 15) is 0 Å². The number of rotatable bonds is 9. The van der Waals surface area contributed by atoms with Crippen molar-refractivity contribution >= 4 is 44.5 Å². The van der Waals surface area contributed by atoms with Crippen molar-refractivity contribution in [1.82, 2.24) is 0 Å². The summed E-state index contributed by atoms with van der Waals surface area (Å²) in [4.78, 5) is 0. The second-order valence-corrected chi connectivity index (χ2v) is 13.0. The first-order valence-electron chi connectivity index (χ1n) is 15.5. The van der Waals surface area contributed by atoms with Gasteiger partial charge in [-0.1, -0.05) is 85.7 Å². The van der Waals surface area contributed by atoms with E-state index < -0.39 is 0 Å². The number of unbranched alkanes of at least 4 members (excludes halogenated alkanes) is 1. The maximum Gasteiger partial charge on any atom is 0.262 e. The number of aromatic nitrogens is 1. The minimum atomic E-state index is 0.685. The monoisotopic (exact) mass is 558 g/mol. The van der Waals surface area contributed by atoms with E-state index in [1.165, 1.54) is 75.6 Å². The maximum absolute atomic E-state index is 5.36. The number of methoxy groups -OCH3 is 1. The lowest BCUT2D eigenvalue weighted by Gasteiger charge is -2.19. The lowest BCUT2D eigenvalue weighted by molar-refractivity contribution is -0.669. The number of fused-ring (bicyclic) bond motifs is 6. The molecule has 2 aliphatic carbocycles. The van der Waals surface area contributed by atoms with Crippen LogP contribution in [0.3, 0.4) is 0 Å². The molecule has 0 radical (unpaired) electrons. The first-order chi connectivity index (χ1) is 20.2. The molecule has 41 heavy (non-hydrogen) atoms. The highest BCUT2D eigenvalue weighted by Gasteiger charge is 2.42. The van der Waals surface area contributed by atoms with Crippen molar-refractivity contribution in [3.63, 3.8) is 0 Å².